The van der Waals surface area contributed by atoms with Crippen LogP contribution in [0.25, 0.3) is 0 Å². The van der Waals surface area contributed by atoms with Gasteiger partial charge in [-0.05, 0) is 6.42 Å². The molecule has 0 aromatic heterocycles. The molecule has 0 heterocycles. The Morgan fingerprint density at radius 1 is 1.09 bits per heavy atom. The molecule has 0 saturated heterocycles. The first kappa shape index (κ1) is 8.36. The van der Waals surface area contributed by atoms with E-state index in [9.17, 15) is 9.59 Å². The largest absolute Gasteiger partial charge is 0.324 e. The Bertz CT molecular complexity index is 171. The van der Waals surface area contributed by atoms with E-state index >= 15 is 0 Å². The fourth-order valence-electron chi connectivity index (χ4n) is 1.21. The van der Waals surface area contributed by atoms with E-state index in [4.69, 9.17) is 11.5 Å². The van der Waals surface area contributed by atoms with Crippen LogP contribution in [0.3, 0.4) is 0 Å². The molecular formula is C7H12N2O2. The maximum Gasteiger partial charge on any atom is 0.150 e. The van der Waals surface area contributed by atoms with Gasteiger partial charge in [-0.15, -0.1) is 0 Å². The molecule has 0 radical (unpaired) electrons. The Morgan fingerprint density at radius 3 is 1.73 bits per heavy atom. The summed E-state index contributed by atoms with van der Waals surface area (Å²) < 4.78 is 0. The van der Waals surface area contributed by atoms with E-state index < -0.39 is 0 Å². The lowest BCUT2D eigenvalue weighted by atomic mass is 10.1. The van der Waals surface area contributed by atoms with Crippen molar-refractivity contribution in [1.82, 2.24) is 0 Å². The number of hydrogen-bond donors (Lipinski definition) is 2. The summed E-state index contributed by atoms with van der Waals surface area (Å²) >= 11 is 0. The van der Waals surface area contributed by atoms with Gasteiger partial charge in [0.15, 0.2) is 0 Å². The van der Waals surface area contributed by atoms with E-state index in [0.717, 1.165) is 0 Å². The van der Waals surface area contributed by atoms with Gasteiger partial charge in [-0.25, -0.2) is 0 Å². The molecule has 4 nitrogen and oxygen atoms in total. The van der Waals surface area contributed by atoms with Gasteiger partial charge in [-0.1, -0.05) is 0 Å². The lowest BCUT2D eigenvalue weighted by molar-refractivity contribution is -0.123. The van der Waals surface area contributed by atoms with Gasteiger partial charge in [-0.3, -0.25) is 9.59 Å². The first-order chi connectivity index (χ1) is 5.20. The molecular weight excluding hydrogens is 144 g/mol. The van der Waals surface area contributed by atoms with E-state index in [0.29, 0.717) is 6.42 Å². The molecule has 1 rings (SSSR count). The Hall–Kier alpha value is -0.740. The van der Waals surface area contributed by atoms with Gasteiger partial charge in [0.1, 0.15) is 11.6 Å². The summed E-state index contributed by atoms with van der Waals surface area (Å²) in [7, 11) is 0. The lowest BCUT2D eigenvalue weighted by Crippen LogP contribution is -2.21. The Kier molecular flexibility index (Phi) is 2.36. The standard InChI is InChI=1S/C7H12N2O2/c8-2-6(10)4-1-5(4)7(11)3-9/h4-5H,1-3,8-9H2/t4-,5+. The lowest BCUT2D eigenvalue weighted by Gasteiger charge is -1.93. The van der Waals surface area contributed by atoms with Crippen molar-refractivity contribution in [2.45, 2.75) is 6.42 Å². The summed E-state index contributed by atoms with van der Waals surface area (Å²) in [6.45, 7) is 0.0814. The van der Waals surface area contributed by atoms with Gasteiger partial charge >= 0.3 is 0 Å². The van der Waals surface area contributed by atoms with Crippen LogP contribution in [0.2, 0.25) is 0 Å². The third-order valence-corrected chi connectivity index (χ3v) is 2.02. The summed E-state index contributed by atoms with van der Waals surface area (Å²) in [5, 5.41) is 0. The number of carbonyl (C=O) groups excluding carboxylic acids is 2. The molecule has 1 aliphatic carbocycles. The van der Waals surface area contributed by atoms with Crippen molar-refractivity contribution in [3.8, 4) is 0 Å². The predicted octanol–water partition coefficient (Wildman–Crippen LogP) is -1.32. The summed E-state index contributed by atoms with van der Waals surface area (Å²) in [4.78, 5) is 21.8. The second kappa shape index (κ2) is 3.11. The van der Waals surface area contributed by atoms with Crippen LogP contribution in [0.1, 0.15) is 6.42 Å². The highest BCUT2D eigenvalue weighted by atomic mass is 16.1. The monoisotopic (exact) mass is 156 g/mol. The molecule has 4 heteroatoms. The third-order valence-electron chi connectivity index (χ3n) is 2.02. The van der Waals surface area contributed by atoms with Crippen LogP contribution in [0.15, 0.2) is 0 Å². The highest BCUT2D eigenvalue weighted by Gasteiger charge is 2.45. The minimum atomic E-state index is -0.115. The molecule has 1 saturated carbocycles. The fourth-order valence-corrected chi connectivity index (χ4v) is 1.21. The predicted molar refractivity (Wildman–Crippen MR) is 39.7 cm³/mol. The molecule has 4 N–H and O–H groups in total. The molecule has 0 amide bonds. The molecule has 11 heavy (non-hydrogen) atoms. The molecule has 0 bridgehead atoms. The van der Waals surface area contributed by atoms with E-state index in [1.165, 1.54) is 0 Å². The maximum atomic E-state index is 10.9. The SMILES string of the molecule is NCC(=O)[C@H]1C[C@H]1C(=O)CN. The number of ketones is 2. The highest BCUT2D eigenvalue weighted by molar-refractivity contribution is 5.95. The van der Waals surface area contributed by atoms with Crippen LogP contribution in [0, 0.1) is 11.8 Å². The minimum Gasteiger partial charge on any atom is -0.324 e. The van der Waals surface area contributed by atoms with Crippen LogP contribution in [-0.4, -0.2) is 24.7 Å². The smallest absolute Gasteiger partial charge is 0.150 e. The first-order valence-electron chi connectivity index (χ1n) is 3.66. The molecule has 1 aliphatic rings. The topological polar surface area (TPSA) is 86.2 Å². The van der Waals surface area contributed by atoms with E-state index in [2.05, 4.69) is 0 Å². The molecule has 1 fully saturated rings. The molecule has 2 atom stereocenters. The average molecular weight is 156 g/mol. The first-order valence-corrected chi connectivity index (χ1v) is 3.66. The van der Waals surface area contributed by atoms with Gasteiger partial charge in [-0.2, -0.15) is 0 Å². The molecule has 0 aliphatic heterocycles. The van der Waals surface area contributed by atoms with Crippen LogP contribution in [0.4, 0.5) is 0 Å². The highest BCUT2D eigenvalue weighted by Crippen LogP contribution is 2.39. The summed E-state index contributed by atoms with van der Waals surface area (Å²) in [5.74, 6) is -0.263. The molecule has 0 spiro atoms. The second-order valence-corrected chi connectivity index (χ2v) is 2.79. The van der Waals surface area contributed by atoms with Crippen molar-refractivity contribution in [3.63, 3.8) is 0 Å². The van der Waals surface area contributed by atoms with Crippen molar-refractivity contribution in [1.29, 1.82) is 0 Å². The zero-order chi connectivity index (χ0) is 8.43. The van der Waals surface area contributed by atoms with Gasteiger partial charge < -0.3 is 11.5 Å². The zero-order valence-corrected chi connectivity index (χ0v) is 6.25. The van der Waals surface area contributed by atoms with Crippen molar-refractivity contribution in [2.75, 3.05) is 13.1 Å². The van der Waals surface area contributed by atoms with Gasteiger partial charge in [0.25, 0.3) is 0 Å². The van der Waals surface area contributed by atoms with Gasteiger partial charge in [0.2, 0.25) is 0 Å². The number of carbonyl (C=O) groups is 2. The third kappa shape index (κ3) is 1.64. The summed E-state index contributed by atoms with van der Waals surface area (Å²) in [6.07, 6.45) is 0.659. The molecule has 0 unspecified atom stereocenters. The Balaban J connectivity index is 2.37. The Labute approximate surface area is 64.9 Å². The van der Waals surface area contributed by atoms with Crippen molar-refractivity contribution >= 4 is 11.6 Å². The average Bonchev–Trinajstić information content (AvgIpc) is 2.80. The minimum absolute atomic E-state index is 0.0169. The Morgan fingerprint density at radius 2 is 1.45 bits per heavy atom. The summed E-state index contributed by atoms with van der Waals surface area (Å²) in [5.41, 5.74) is 10.2. The van der Waals surface area contributed by atoms with Crippen LogP contribution in [-0.2, 0) is 9.59 Å². The quantitative estimate of drug-likeness (QED) is 0.528. The normalized spacial score (nSPS) is 28.2. The number of hydrogen-bond acceptors (Lipinski definition) is 4. The van der Waals surface area contributed by atoms with E-state index in [-0.39, 0.29) is 36.5 Å². The second-order valence-electron chi connectivity index (χ2n) is 2.79. The van der Waals surface area contributed by atoms with Crippen LogP contribution < -0.4 is 11.5 Å². The van der Waals surface area contributed by atoms with E-state index in [1.807, 2.05) is 0 Å². The zero-order valence-electron chi connectivity index (χ0n) is 6.25. The number of rotatable bonds is 4. The van der Waals surface area contributed by atoms with Crippen LogP contribution in [0.5, 0.6) is 0 Å². The maximum absolute atomic E-state index is 10.9. The van der Waals surface area contributed by atoms with Crippen molar-refractivity contribution in [2.24, 2.45) is 23.3 Å². The molecule has 0 aromatic carbocycles. The van der Waals surface area contributed by atoms with Crippen molar-refractivity contribution in [3.05, 3.63) is 0 Å². The van der Waals surface area contributed by atoms with E-state index in [1.54, 1.807) is 0 Å². The number of nitrogens with two attached hydrogens (primary N) is 2. The fraction of sp³-hybridized carbons (Fsp3) is 0.714. The molecule has 62 valence electrons. The van der Waals surface area contributed by atoms with Crippen LogP contribution >= 0.6 is 0 Å². The van der Waals surface area contributed by atoms with Gasteiger partial charge in [0.05, 0.1) is 13.1 Å². The summed E-state index contributed by atoms with van der Waals surface area (Å²) in [6, 6.07) is 0. The van der Waals surface area contributed by atoms with Gasteiger partial charge in [0, 0.05) is 11.8 Å². The molecule has 0 aromatic rings. The van der Waals surface area contributed by atoms with Crippen molar-refractivity contribution < 1.29 is 9.59 Å². The number of Topliss-reactive ketones (excluding diaryl/α,β-unsaturated/α-hetero) is 2.